The van der Waals surface area contributed by atoms with Gasteiger partial charge in [-0.25, -0.2) is 0 Å². The summed E-state index contributed by atoms with van der Waals surface area (Å²) in [6, 6.07) is 11.1. The highest BCUT2D eigenvalue weighted by atomic mass is 79.9. The van der Waals surface area contributed by atoms with Gasteiger partial charge in [0.1, 0.15) is 0 Å². The summed E-state index contributed by atoms with van der Waals surface area (Å²) in [5, 5.41) is 13.5. The molecule has 0 saturated heterocycles. The van der Waals surface area contributed by atoms with Crippen molar-refractivity contribution in [2.75, 3.05) is 0 Å². The molecule has 1 aliphatic rings. The molecule has 0 spiro atoms. The first-order valence-corrected chi connectivity index (χ1v) is 9.39. The first-order valence-electron chi connectivity index (χ1n) is 7.89. The van der Waals surface area contributed by atoms with Gasteiger partial charge in [0.25, 0.3) is 5.60 Å². The fourth-order valence-corrected chi connectivity index (χ4v) is 3.77. The minimum absolute atomic E-state index is 0.0897. The van der Waals surface area contributed by atoms with Crippen LogP contribution in [0.2, 0.25) is 5.02 Å². The normalized spacial score (nSPS) is 19.4. The predicted molar refractivity (Wildman–Crippen MR) is 99.9 cm³/mol. The van der Waals surface area contributed by atoms with E-state index in [4.69, 9.17) is 21.7 Å². The number of oxime groups is 1. The largest absolute Gasteiger partial charge is 0.435 e. The Morgan fingerprint density at radius 2 is 2.04 bits per heavy atom. The molecule has 0 aromatic heterocycles. The molecule has 1 heterocycles. The van der Waals surface area contributed by atoms with Crippen LogP contribution >= 0.6 is 27.5 Å². The number of hydrogen-bond donors (Lipinski definition) is 0. The van der Waals surface area contributed by atoms with Gasteiger partial charge in [-0.2, -0.15) is 18.4 Å². The Balaban J connectivity index is 2.04. The lowest BCUT2D eigenvalue weighted by molar-refractivity contribution is -0.275. The zero-order valence-electron chi connectivity index (χ0n) is 14.1. The molecule has 0 saturated carbocycles. The molecule has 0 bridgehead atoms. The molecular weight excluding hydrogens is 445 g/mol. The number of benzene rings is 2. The van der Waals surface area contributed by atoms with Crippen LogP contribution in [0.15, 0.2) is 41.6 Å². The van der Waals surface area contributed by atoms with Crippen LogP contribution in [0.3, 0.4) is 0 Å². The average molecular weight is 458 g/mol. The summed E-state index contributed by atoms with van der Waals surface area (Å²) < 4.78 is 42.1. The number of nitrogens with zero attached hydrogens (tertiary/aromatic N) is 2. The molecular formula is C19H13BrClF3N2O. The molecule has 27 heavy (non-hydrogen) atoms. The fraction of sp³-hybridized carbons (Fsp3) is 0.263. The van der Waals surface area contributed by atoms with E-state index >= 15 is 0 Å². The number of halogens is 5. The van der Waals surface area contributed by atoms with Gasteiger partial charge in [0.15, 0.2) is 0 Å². The molecule has 0 fully saturated rings. The maximum absolute atomic E-state index is 14.0. The van der Waals surface area contributed by atoms with Crippen LogP contribution in [-0.4, -0.2) is 11.9 Å². The Kier molecular flexibility index (Phi) is 5.24. The van der Waals surface area contributed by atoms with Crippen molar-refractivity contribution in [2.24, 2.45) is 5.16 Å². The number of aryl methyl sites for hydroxylation is 1. The monoisotopic (exact) mass is 456 g/mol. The van der Waals surface area contributed by atoms with Crippen molar-refractivity contribution < 1.29 is 18.0 Å². The summed E-state index contributed by atoms with van der Waals surface area (Å²) in [4.78, 5) is 5.03. The number of nitriles is 1. The number of alkyl halides is 4. The van der Waals surface area contributed by atoms with Crippen LogP contribution in [0.5, 0.6) is 0 Å². The zero-order chi connectivity index (χ0) is 19.8. The van der Waals surface area contributed by atoms with Gasteiger partial charge in [-0.05, 0) is 47.9 Å². The van der Waals surface area contributed by atoms with Gasteiger partial charge < -0.3 is 4.84 Å². The molecule has 0 amide bonds. The molecule has 2 aromatic rings. The molecule has 140 valence electrons. The van der Waals surface area contributed by atoms with Crippen molar-refractivity contribution in [3.8, 4) is 6.07 Å². The summed E-state index contributed by atoms with van der Waals surface area (Å²) >= 11 is 9.25. The maximum atomic E-state index is 14.0. The highest BCUT2D eigenvalue weighted by molar-refractivity contribution is 9.08. The highest BCUT2D eigenvalue weighted by Gasteiger charge is 2.62. The second kappa shape index (κ2) is 7.17. The summed E-state index contributed by atoms with van der Waals surface area (Å²) in [5.74, 6) is 0. The van der Waals surface area contributed by atoms with Gasteiger partial charge in [0.05, 0.1) is 17.3 Å². The topological polar surface area (TPSA) is 45.4 Å². The van der Waals surface area contributed by atoms with Gasteiger partial charge in [0, 0.05) is 22.3 Å². The Morgan fingerprint density at radius 1 is 1.30 bits per heavy atom. The molecule has 2 aromatic carbocycles. The quantitative estimate of drug-likeness (QED) is 0.531. The van der Waals surface area contributed by atoms with Gasteiger partial charge in [-0.15, -0.1) is 0 Å². The van der Waals surface area contributed by atoms with Crippen molar-refractivity contribution in [3.05, 3.63) is 69.2 Å². The molecule has 3 rings (SSSR count). The van der Waals surface area contributed by atoms with Crippen molar-refractivity contribution in [1.29, 1.82) is 5.26 Å². The molecule has 0 N–H and O–H groups in total. The van der Waals surface area contributed by atoms with Crippen molar-refractivity contribution in [1.82, 2.24) is 0 Å². The van der Waals surface area contributed by atoms with Gasteiger partial charge in [-0.3, -0.25) is 0 Å². The smallest absolute Gasteiger partial charge is 0.374 e. The van der Waals surface area contributed by atoms with Crippen LogP contribution in [0.1, 0.15) is 34.2 Å². The maximum Gasteiger partial charge on any atom is 0.435 e. The lowest BCUT2D eigenvalue weighted by Gasteiger charge is -2.29. The highest BCUT2D eigenvalue weighted by Crippen LogP contribution is 2.49. The minimum atomic E-state index is -4.69. The molecule has 1 aliphatic heterocycles. The number of rotatable bonds is 3. The van der Waals surface area contributed by atoms with E-state index in [1.165, 1.54) is 12.1 Å². The second-order valence-electron chi connectivity index (χ2n) is 6.27. The summed E-state index contributed by atoms with van der Waals surface area (Å²) in [5.41, 5.74) is -0.333. The van der Waals surface area contributed by atoms with E-state index in [1.54, 1.807) is 31.2 Å². The zero-order valence-corrected chi connectivity index (χ0v) is 16.4. The van der Waals surface area contributed by atoms with E-state index < -0.39 is 18.2 Å². The molecule has 3 nitrogen and oxygen atoms in total. The second-order valence-corrected chi connectivity index (χ2v) is 7.26. The third-order valence-corrected chi connectivity index (χ3v) is 5.22. The van der Waals surface area contributed by atoms with Crippen LogP contribution in [0.25, 0.3) is 0 Å². The van der Waals surface area contributed by atoms with E-state index in [9.17, 15) is 13.2 Å². The lowest BCUT2D eigenvalue weighted by atomic mass is 9.85. The molecule has 0 radical (unpaired) electrons. The molecule has 0 aliphatic carbocycles. The third-order valence-electron chi connectivity index (χ3n) is 4.40. The van der Waals surface area contributed by atoms with Crippen LogP contribution < -0.4 is 0 Å². The van der Waals surface area contributed by atoms with Gasteiger partial charge in [0.2, 0.25) is 0 Å². The molecule has 8 heteroatoms. The number of hydrogen-bond acceptors (Lipinski definition) is 3. The van der Waals surface area contributed by atoms with Crippen molar-refractivity contribution >= 4 is 33.2 Å². The van der Waals surface area contributed by atoms with E-state index in [-0.39, 0.29) is 16.3 Å². The SMILES string of the molecule is Cc1cc(Cl)cc(C2(C(F)(F)F)CC(c3ccc(C#N)c(CBr)c3)=NO2)c1. The van der Waals surface area contributed by atoms with Crippen LogP contribution in [0, 0.1) is 18.3 Å². The first-order chi connectivity index (χ1) is 12.7. The van der Waals surface area contributed by atoms with Crippen LogP contribution in [-0.2, 0) is 15.8 Å². The third kappa shape index (κ3) is 3.56. The Labute approximate surface area is 167 Å². The standard InChI is InChI=1S/C19H13BrClF3N2O/c1-11-4-15(7-16(21)5-11)18(19(22,23)24)8-17(26-27-18)12-2-3-13(10-25)14(6-12)9-20/h2-7H,8-9H2,1H3. The fourth-order valence-electron chi connectivity index (χ4n) is 3.02. The van der Waals surface area contributed by atoms with Crippen molar-refractivity contribution in [2.45, 2.75) is 30.5 Å². The summed E-state index contributed by atoms with van der Waals surface area (Å²) in [6.45, 7) is 1.67. The lowest BCUT2D eigenvalue weighted by Crippen LogP contribution is -2.42. The van der Waals surface area contributed by atoms with Crippen LogP contribution in [0.4, 0.5) is 13.2 Å². The summed E-state index contributed by atoms with van der Waals surface area (Å²) in [7, 11) is 0. The Bertz CT molecular complexity index is 948. The van der Waals surface area contributed by atoms with E-state index in [0.717, 1.165) is 0 Å². The Hall–Kier alpha value is -2.04. The Morgan fingerprint density at radius 3 is 2.63 bits per heavy atom. The minimum Gasteiger partial charge on any atom is -0.374 e. The van der Waals surface area contributed by atoms with Gasteiger partial charge >= 0.3 is 6.18 Å². The first kappa shape index (κ1) is 19.7. The van der Waals surface area contributed by atoms with E-state index in [1.807, 2.05) is 6.07 Å². The molecule has 1 unspecified atom stereocenters. The molecule has 1 atom stereocenters. The van der Waals surface area contributed by atoms with Crippen molar-refractivity contribution in [3.63, 3.8) is 0 Å². The van der Waals surface area contributed by atoms with Gasteiger partial charge in [-0.1, -0.05) is 44.8 Å². The van der Waals surface area contributed by atoms with E-state index in [2.05, 4.69) is 21.1 Å². The van der Waals surface area contributed by atoms with E-state index in [0.29, 0.717) is 27.6 Å². The predicted octanol–water partition coefficient (Wildman–Crippen LogP) is 6.00. The average Bonchev–Trinajstić information content (AvgIpc) is 3.07. The summed E-state index contributed by atoms with van der Waals surface area (Å²) in [6.07, 6.45) is -5.18.